The van der Waals surface area contributed by atoms with Crippen LogP contribution in [0.5, 0.6) is 0 Å². The summed E-state index contributed by atoms with van der Waals surface area (Å²) in [6.45, 7) is 4.55. The van der Waals surface area contributed by atoms with Crippen molar-refractivity contribution in [3.8, 4) is 11.8 Å². The monoisotopic (exact) mass is 1580 g/mol. The second-order valence-electron chi connectivity index (χ2n) is 24.1. The van der Waals surface area contributed by atoms with E-state index in [-0.39, 0.29) is 124 Å². The summed E-state index contributed by atoms with van der Waals surface area (Å²) in [6, 6.07) is 0.306. The van der Waals surface area contributed by atoms with Crippen molar-refractivity contribution in [1.29, 1.82) is 0 Å². The predicted octanol–water partition coefficient (Wildman–Crippen LogP) is -1.63. The summed E-state index contributed by atoms with van der Waals surface area (Å²) in [6.07, 6.45) is -0.0840. The van der Waals surface area contributed by atoms with Gasteiger partial charge >= 0.3 is 85.2 Å². The average Bonchev–Trinajstić information content (AvgIpc) is 1.50. The fourth-order valence-corrected chi connectivity index (χ4v) is 11.3. The zero-order valence-electron chi connectivity index (χ0n) is 56.5. The minimum Gasteiger partial charge on any atom is -0.481 e. The van der Waals surface area contributed by atoms with Crippen LogP contribution in [0.25, 0.3) is 0 Å². The molecule has 35 nitrogen and oxygen atoms in total. The summed E-state index contributed by atoms with van der Waals surface area (Å²) in [5.41, 5.74) is 12.5. The van der Waals surface area contributed by atoms with Crippen molar-refractivity contribution in [2.75, 3.05) is 50.3 Å². The first-order valence-electron chi connectivity index (χ1n) is 32.0. The Kier molecular flexibility index (Phi) is 39.8. The van der Waals surface area contributed by atoms with E-state index in [9.17, 15) is 107 Å². The molecule has 2 aromatic rings. The van der Waals surface area contributed by atoms with Gasteiger partial charge in [0, 0.05) is 68.4 Å². The number of amides is 10. The molecule has 37 heteroatoms. The molecular weight excluding hydrogens is 1490 g/mol. The number of nitrogens with one attached hydrogen (secondary N) is 7. The van der Waals surface area contributed by atoms with Gasteiger partial charge in [0.05, 0.1) is 49.2 Å². The van der Waals surface area contributed by atoms with Crippen LogP contribution in [0, 0.1) is 73.1 Å². The van der Waals surface area contributed by atoms with Gasteiger partial charge in [-0.1, -0.05) is 52.4 Å². The Balaban J connectivity index is 0.0000347. The van der Waals surface area contributed by atoms with Crippen LogP contribution >= 0.6 is 11.8 Å². The van der Waals surface area contributed by atoms with Gasteiger partial charge in [0.25, 0.3) is 0 Å². The molecule has 1 aliphatic heterocycles. The van der Waals surface area contributed by atoms with Crippen molar-refractivity contribution in [2.24, 2.45) is 23.3 Å². The quantitative estimate of drug-likeness (QED) is 0.0201. The van der Waals surface area contributed by atoms with Crippen LogP contribution < -0.4 is 48.7 Å². The second-order valence-corrected chi connectivity index (χ2v) is 25.3. The summed E-state index contributed by atoms with van der Waals surface area (Å²) in [7, 11) is 0. The summed E-state index contributed by atoms with van der Waals surface area (Å²) in [4.78, 5) is 211. The van der Waals surface area contributed by atoms with Crippen LogP contribution in [0.1, 0.15) is 134 Å². The first kappa shape index (κ1) is 88.5. The SMILES string of the molecule is CC[C@H](C)[C@H](NC(=O)[C@H](CCC(=O)O)NC(=O)[C@@H](NC(=O)[C@H](CSC1CC(=O)N(CCCCCC(=O)Nc2ccc(C#Cc3cc(CN(CC(=O)O)CC(=O)O)nc(CN(CC(=O)O)CC(=O)O)c3)cc2)C1=O)NC(C)=O)C(C)C)C(=O)N[C@@H](CC(=O)O)C(=O)N[C@@H](CCCCN)C(N)=O.[Eu+3]. The summed E-state index contributed by atoms with van der Waals surface area (Å²) >= 11 is 0.904. The zero-order valence-corrected chi connectivity index (χ0v) is 59.7. The molecule has 0 radical (unpaired) electrons. The molecule has 1 saturated heterocycles. The Morgan fingerprint density at radius 3 is 1.62 bits per heavy atom. The molecule has 1 aromatic heterocycles. The molecule has 1 unspecified atom stereocenters. The molecular formula is C64H89EuN13O22S+3. The molecule has 8 atom stereocenters. The van der Waals surface area contributed by atoms with Crippen molar-refractivity contribution in [2.45, 2.75) is 166 Å². The molecule has 1 aliphatic rings. The normalized spacial score (nSPS) is 14.6. The Labute approximate surface area is 626 Å². The van der Waals surface area contributed by atoms with E-state index in [0.717, 1.165) is 33.4 Å². The molecule has 1 aromatic carbocycles. The average molecular weight is 1580 g/mol. The number of anilines is 1. The van der Waals surface area contributed by atoms with Gasteiger partial charge in [0.1, 0.15) is 36.3 Å². The van der Waals surface area contributed by atoms with Crippen LogP contribution in [-0.2, 0) is 89.8 Å². The van der Waals surface area contributed by atoms with Crippen LogP contribution in [0.2, 0.25) is 0 Å². The Morgan fingerprint density at radius 2 is 1.12 bits per heavy atom. The van der Waals surface area contributed by atoms with Crippen LogP contribution in [0.3, 0.4) is 0 Å². The maximum Gasteiger partial charge on any atom is 3.00 e. The number of hydrogen-bond acceptors (Lipinski definition) is 21. The number of aromatic nitrogens is 1. The standard InChI is InChI=1S/C64H89N13O22S.Eu/c1-6-36(4)57(63(98)72-45(26-51(83)84)60(95)70-43(58(66)93)12-9-10-22-65)74-59(94)44(20-21-50(81)82)71-62(97)56(35(2)3)73-61(96)46(67-37(5)78)34-100-47-27-49(80)77(64(47)99)23-11-7-8-13-48(79)69-40-18-16-38(17-19-40)14-15-39-24-41(28-75(30-52(85)86)31-53(87)88)68-42(25-39)29-76(32-54(89)90)33-55(91)92;/h16-19,24-25,35-36,43-47,56-57H,6-13,20-23,26-34,65H2,1-5H3,(H2,66,93)(H,67,78)(H,69,79)(H,70,95)(H,71,97)(H,72,98)(H,73,96)(H,74,94)(H,81,82)(H,83,84)(H,85,86)(H,87,88)(H,89,90)(H,91,92);/q;+3/t36-,43-,44-,45-,46-,47?,56-,57-;/m0./s1. The molecule has 0 aliphatic carbocycles. The van der Waals surface area contributed by atoms with Gasteiger partial charge < -0.3 is 79.3 Å². The van der Waals surface area contributed by atoms with E-state index in [0.29, 0.717) is 48.9 Å². The number of rotatable bonds is 46. The molecule has 0 saturated carbocycles. The number of carbonyl (C=O) groups is 16. The maximum atomic E-state index is 14.1. The Hall–Kier alpha value is -8.54. The molecule has 552 valence electrons. The largest absolute Gasteiger partial charge is 3.00 e. The number of likely N-dealkylation sites (tertiary alicyclic amines) is 1. The number of unbranched alkanes of at least 4 members (excludes halogenated alkanes) is 3. The van der Waals surface area contributed by atoms with E-state index in [4.69, 9.17) is 11.5 Å². The fourth-order valence-electron chi connectivity index (χ4n) is 10.1. The third kappa shape index (κ3) is 33.7. The van der Waals surface area contributed by atoms with Gasteiger partial charge in [-0.05, 0) is 93.3 Å². The number of carboxylic acid groups (broad SMARTS) is 6. The molecule has 0 spiro atoms. The molecule has 2 heterocycles. The van der Waals surface area contributed by atoms with Gasteiger partial charge in [0.2, 0.25) is 59.1 Å². The first-order chi connectivity index (χ1) is 47.1. The number of pyridine rings is 1. The number of nitrogens with two attached hydrogens (primary N) is 2. The topological polar surface area (TPSA) is 553 Å². The van der Waals surface area contributed by atoms with Crippen molar-refractivity contribution >= 4 is 112 Å². The number of nitrogens with zero attached hydrogens (tertiary/aromatic N) is 4. The number of thioether (sulfide) groups is 1. The predicted molar refractivity (Wildman–Crippen MR) is 355 cm³/mol. The summed E-state index contributed by atoms with van der Waals surface area (Å²) in [5.74, 6) is -12.0. The number of benzene rings is 1. The smallest absolute Gasteiger partial charge is 0.481 e. The number of carboxylic acids is 6. The van der Waals surface area contributed by atoms with Crippen molar-refractivity contribution in [1.82, 2.24) is 51.6 Å². The zero-order chi connectivity index (χ0) is 74.9. The first-order valence-corrected chi connectivity index (χ1v) is 33.1. The number of imide groups is 1. The number of primary amides is 1. The van der Waals surface area contributed by atoms with Crippen molar-refractivity contribution in [3.63, 3.8) is 0 Å². The van der Waals surface area contributed by atoms with E-state index < -0.39 is 188 Å². The fraction of sp³-hybridized carbons (Fsp3) is 0.547. The minimum atomic E-state index is -1.77. The summed E-state index contributed by atoms with van der Waals surface area (Å²) in [5, 5.41) is 73.0. The van der Waals surface area contributed by atoms with Crippen molar-refractivity contribution < 1.29 is 157 Å². The van der Waals surface area contributed by atoms with Gasteiger partial charge in [-0.3, -0.25) is 96.4 Å². The van der Waals surface area contributed by atoms with Gasteiger partial charge in [0.15, 0.2) is 0 Å². The maximum absolute atomic E-state index is 14.1. The van der Waals surface area contributed by atoms with Crippen LogP contribution in [0.15, 0.2) is 36.4 Å². The van der Waals surface area contributed by atoms with E-state index in [2.05, 4.69) is 54.0 Å². The summed E-state index contributed by atoms with van der Waals surface area (Å²) < 4.78 is 0. The van der Waals surface area contributed by atoms with Crippen molar-refractivity contribution in [3.05, 3.63) is 58.9 Å². The number of hydrogen-bond donors (Lipinski definition) is 15. The molecule has 0 bridgehead atoms. The Morgan fingerprint density at radius 1 is 0.604 bits per heavy atom. The number of carbonyl (C=O) groups excluding carboxylic acids is 10. The second kappa shape index (κ2) is 45.4. The molecule has 17 N–H and O–H groups in total. The van der Waals surface area contributed by atoms with Gasteiger partial charge in [-0.2, -0.15) is 0 Å². The molecule has 3 rings (SSSR count). The van der Waals surface area contributed by atoms with E-state index in [1.165, 1.54) is 26.0 Å². The van der Waals surface area contributed by atoms with Crippen LogP contribution in [-0.4, -0.2) is 232 Å². The minimum absolute atomic E-state index is 0. The van der Waals surface area contributed by atoms with Gasteiger partial charge in [-0.25, -0.2) is 0 Å². The molecule has 1 fully saturated rings. The third-order valence-electron chi connectivity index (χ3n) is 15.2. The number of aliphatic carboxylic acids is 6. The molecule has 10 amide bonds. The molecule has 101 heavy (non-hydrogen) atoms. The van der Waals surface area contributed by atoms with E-state index >= 15 is 0 Å². The Bertz CT molecular complexity index is 3280. The van der Waals surface area contributed by atoms with Gasteiger partial charge in [-0.15, -0.1) is 11.8 Å². The van der Waals surface area contributed by atoms with E-state index in [1.54, 1.807) is 38.1 Å². The van der Waals surface area contributed by atoms with Crippen LogP contribution in [0.4, 0.5) is 5.69 Å². The van der Waals surface area contributed by atoms with E-state index in [1.807, 2.05) is 0 Å². The third-order valence-corrected chi connectivity index (χ3v) is 16.5.